The van der Waals surface area contributed by atoms with Crippen molar-refractivity contribution in [2.75, 3.05) is 4.90 Å². The van der Waals surface area contributed by atoms with Crippen LogP contribution in [0.5, 0.6) is 11.5 Å². The predicted molar refractivity (Wildman–Crippen MR) is 219 cm³/mol. The number of hydrogen-bond acceptors (Lipinski definition) is 4. The number of aromatic hydroxyl groups is 2. The number of hydrogen-bond donors (Lipinski definition) is 2. The normalized spacial score (nSPS) is 14.5. The standard InChI is InChI=1S/C48H37N3O3/c1-30-43(46-40(52)28-39(49(46)2)45(33-18-6-4-7-19-33)37-26-14-20-31-16-10-12-24-35(31)37)48(54)44(30)47-41(53)29-42(50(47)3)51(34-22-8-5-9-23-34)38-27-15-21-32-17-11-13-25-36(32)38/h4-29,52-53H,1-3H3/b45-39+,46-43+. The van der Waals surface area contributed by atoms with Gasteiger partial charge in [-0.05, 0) is 58.0 Å². The lowest BCUT2D eigenvalue weighted by atomic mass is 9.80. The van der Waals surface area contributed by atoms with Crippen molar-refractivity contribution >= 4 is 61.2 Å². The van der Waals surface area contributed by atoms with E-state index in [-0.39, 0.29) is 17.3 Å². The van der Waals surface area contributed by atoms with Crippen LogP contribution >= 0.6 is 0 Å². The number of allylic oxidation sites excluding steroid dienone is 2. The molecule has 6 aromatic carbocycles. The number of nitrogens with zero attached hydrogens (tertiary/aromatic N) is 3. The van der Waals surface area contributed by atoms with Crippen molar-refractivity contribution in [1.82, 2.24) is 9.13 Å². The molecule has 0 unspecified atom stereocenters. The maximum Gasteiger partial charge on any atom is 0.198 e. The molecule has 2 aromatic heterocycles. The lowest BCUT2D eigenvalue weighted by Crippen LogP contribution is -2.33. The fourth-order valence-corrected chi connectivity index (χ4v) is 8.17. The van der Waals surface area contributed by atoms with E-state index < -0.39 is 0 Å². The Labute approximate surface area is 312 Å². The van der Waals surface area contributed by atoms with Gasteiger partial charge >= 0.3 is 0 Å². The van der Waals surface area contributed by atoms with Crippen LogP contribution in [-0.2, 0) is 18.9 Å². The molecule has 262 valence electrons. The number of benzene rings is 6. The van der Waals surface area contributed by atoms with Gasteiger partial charge in [0.15, 0.2) is 5.78 Å². The average Bonchev–Trinajstić information content (AvgIpc) is 3.64. The largest absolute Gasteiger partial charge is 0.506 e. The van der Waals surface area contributed by atoms with Crippen LogP contribution in [0.1, 0.15) is 23.7 Å². The van der Waals surface area contributed by atoms with E-state index in [1.54, 1.807) is 12.1 Å². The molecule has 0 aliphatic heterocycles. The van der Waals surface area contributed by atoms with Crippen molar-refractivity contribution in [3.05, 3.63) is 191 Å². The number of rotatable bonds is 6. The third kappa shape index (κ3) is 5.06. The lowest BCUT2D eigenvalue weighted by Gasteiger charge is -2.28. The van der Waals surface area contributed by atoms with E-state index in [9.17, 15) is 15.0 Å². The number of para-hydroxylation sites is 1. The van der Waals surface area contributed by atoms with Crippen LogP contribution in [-0.4, -0.2) is 25.1 Å². The Morgan fingerprint density at radius 3 is 1.89 bits per heavy atom. The first-order chi connectivity index (χ1) is 26.3. The molecular weight excluding hydrogens is 667 g/mol. The summed E-state index contributed by atoms with van der Waals surface area (Å²) in [7, 11) is 3.77. The van der Waals surface area contributed by atoms with Gasteiger partial charge in [0.1, 0.15) is 17.3 Å². The Morgan fingerprint density at radius 1 is 0.593 bits per heavy atom. The molecule has 6 heteroatoms. The van der Waals surface area contributed by atoms with E-state index in [0.717, 1.165) is 55.0 Å². The number of carbonyl (C=O) groups is 1. The molecular formula is C48H37N3O3. The van der Waals surface area contributed by atoms with E-state index >= 15 is 0 Å². The number of aromatic nitrogens is 2. The van der Waals surface area contributed by atoms with Gasteiger partial charge in [-0.3, -0.25) is 9.69 Å². The number of ketones is 1. The van der Waals surface area contributed by atoms with Gasteiger partial charge in [-0.2, -0.15) is 0 Å². The zero-order chi connectivity index (χ0) is 37.1. The topological polar surface area (TPSA) is 70.6 Å². The summed E-state index contributed by atoms with van der Waals surface area (Å²) in [6.07, 6.45) is 0. The van der Waals surface area contributed by atoms with Gasteiger partial charge in [0.25, 0.3) is 0 Å². The monoisotopic (exact) mass is 703 g/mol. The van der Waals surface area contributed by atoms with Gasteiger partial charge in [0.05, 0.1) is 33.2 Å². The van der Waals surface area contributed by atoms with Crippen molar-refractivity contribution < 1.29 is 15.0 Å². The highest BCUT2D eigenvalue weighted by molar-refractivity contribution is 6.52. The average molecular weight is 704 g/mol. The minimum atomic E-state index is -0.235. The first kappa shape index (κ1) is 32.8. The van der Waals surface area contributed by atoms with Gasteiger partial charge in [-0.15, -0.1) is 0 Å². The van der Waals surface area contributed by atoms with Crippen LogP contribution in [0, 0.1) is 0 Å². The van der Waals surface area contributed by atoms with Crippen molar-refractivity contribution in [3.63, 3.8) is 0 Å². The molecule has 1 aliphatic carbocycles. The van der Waals surface area contributed by atoms with Crippen molar-refractivity contribution in [2.24, 2.45) is 14.1 Å². The van der Waals surface area contributed by atoms with Gasteiger partial charge in [-0.25, -0.2) is 0 Å². The minimum absolute atomic E-state index is 0.00265. The summed E-state index contributed by atoms with van der Waals surface area (Å²) >= 11 is 0. The Kier molecular flexibility index (Phi) is 7.82. The van der Waals surface area contributed by atoms with E-state index in [0.29, 0.717) is 33.6 Å². The molecule has 0 saturated heterocycles. The summed E-state index contributed by atoms with van der Waals surface area (Å²) < 4.78 is 3.80. The second kappa shape index (κ2) is 12.9. The predicted octanol–water partition coefficient (Wildman–Crippen LogP) is 9.01. The number of carbonyl (C=O) groups excluding carboxylic acids is 1. The lowest BCUT2D eigenvalue weighted by molar-refractivity contribution is -0.109. The summed E-state index contributed by atoms with van der Waals surface area (Å²) in [4.78, 5) is 16.5. The molecule has 0 saturated carbocycles. The molecule has 0 radical (unpaired) electrons. The van der Waals surface area contributed by atoms with Gasteiger partial charge < -0.3 is 19.3 Å². The quantitative estimate of drug-likeness (QED) is 0.181. The molecule has 0 amide bonds. The summed E-state index contributed by atoms with van der Waals surface area (Å²) in [5.74, 6) is 0.489. The second-order valence-corrected chi connectivity index (χ2v) is 13.8. The first-order valence-corrected chi connectivity index (χ1v) is 18.0. The second-order valence-electron chi connectivity index (χ2n) is 13.8. The number of Topliss-reactive ketones (excluding diaryl/α,β-unsaturated/α-hetero) is 1. The number of fused-ring (bicyclic) bond motifs is 2. The molecule has 0 fully saturated rings. The smallest absolute Gasteiger partial charge is 0.198 e. The van der Waals surface area contributed by atoms with Crippen LogP contribution in [0.3, 0.4) is 0 Å². The Morgan fingerprint density at radius 2 is 1.19 bits per heavy atom. The third-order valence-corrected chi connectivity index (χ3v) is 10.7. The van der Waals surface area contributed by atoms with E-state index in [2.05, 4.69) is 65.6 Å². The van der Waals surface area contributed by atoms with Crippen LogP contribution in [0.15, 0.2) is 163 Å². The number of anilines is 3. The summed E-state index contributed by atoms with van der Waals surface area (Å²) in [6.45, 7) is 1.89. The molecule has 1 aliphatic rings. The molecule has 54 heavy (non-hydrogen) atoms. The molecule has 0 atom stereocenters. The Hall–Kier alpha value is -7.05. The fourth-order valence-electron chi connectivity index (χ4n) is 8.17. The van der Waals surface area contributed by atoms with Crippen LogP contribution in [0.2, 0.25) is 0 Å². The van der Waals surface area contributed by atoms with Crippen molar-refractivity contribution in [1.29, 1.82) is 0 Å². The molecule has 0 spiro atoms. The van der Waals surface area contributed by atoms with E-state index in [4.69, 9.17) is 0 Å². The van der Waals surface area contributed by atoms with E-state index in [1.807, 2.05) is 115 Å². The van der Waals surface area contributed by atoms with Gasteiger partial charge in [-0.1, -0.05) is 127 Å². The summed E-state index contributed by atoms with van der Waals surface area (Å²) in [5, 5.41) is 28.8. The maximum absolute atomic E-state index is 14.4. The van der Waals surface area contributed by atoms with E-state index in [1.165, 1.54) is 0 Å². The molecule has 6 nitrogen and oxygen atoms in total. The van der Waals surface area contributed by atoms with Crippen molar-refractivity contribution in [2.45, 2.75) is 6.92 Å². The summed E-state index contributed by atoms with van der Waals surface area (Å²) in [6, 6.07) is 52.6. The van der Waals surface area contributed by atoms with Gasteiger partial charge in [0, 0.05) is 42.9 Å². The fraction of sp³-hybridized carbons (Fsp3) is 0.0625. The molecule has 2 heterocycles. The van der Waals surface area contributed by atoms with Crippen LogP contribution in [0.4, 0.5) is 17.2 Å². The molecule has 8 aromatic rings. The Bertz CT molecular complexity index is 2940. The van der Waals surface area contributed by atoms with Crippen molar-refractivity contribution in [3.8, 4) is 11.5 Å². The van der Waals surface area contributed by atoms with Crippen LogP contribution < -0.4 is 15.6 Å². The van der Waals surface area contributed by atoms with Crippen LogP contribution in [0.25, 0.3) is 38.3 Å². The highest BCUT2D eigenvalue weighted by atomic mass is 16.3. The maximum atomic E-state index is 14.4. The molecule has 9 rings (SSSR count). The SMILES string of the molecule is CC1=C(c2c(O)cc(N(c3ccccc3)c3cccc4ccccc34)n2C)C(=O)/C1=c1\c(O)c/c(=C(/c2ccccc2)c2cccc3ccccc23)n1C. The zero-order valence-electron chi connectivity index (χ0n) is 30.2. The summed E-state index contributed by atoms with van der Waals surface area (Å²) in [5.41, 5.74) is 6.81. The van der Waals surface area contributed by atoms with Gasteiger partial charge in [0.2, 0.25) is 0 Å². The zero-order valence-corrected chi connectivity index (χ0v) is 30.2. The minimum Gasteiger partial charge on any atom is -0.506 e. The Balaban J connectivity index is 1.25. The first-order valence-electron chi connectivity index (χ1n) is 18.0. The highest BCUT2D eigenvalue weighted by Crippen LogP contribution is 2.47. The third-order valence-electron chi connectivity index (χ3n) is 10.7. The molecule has 0 bridgehead atoms. The highest BCUT2D eigenvalue weighted by Gasteiger charge is 2.38. The molecule has 2 N–H and O–H groups in total.